The van der Waals surface area contributed by atoms with Crippen LogP contribution in [0.5, 0.6) is 0 Å². The van der Waals surface area contributed by atoms with Crippen molar-refractivity contribution in [3.8, 4) is 0 Å². The van der Waals surface area contributed by atoms with E-state index in [1.807, 2.05) is 0 Å². The molecule has 1 atom stereocenters. The predicted octanol–water partition coefficient (Wildman–Crippen LogP) is 4.02. The number of piperidine rings is 1. The van der Waals surface area contributed by atoms with Gasteiger partial charge in [0.05, 0.1) is 0 Å². The van der Waals surface area contributed by atoms with Crippen molar-refractivity contribution in [3.63, 3.8) is 0 Å². The van der Waals surface area contributed by atoms with Crippen molar-refractivity contribution in [3.05, 3.63) is 35.9 Å². The average Bonchev–Trinajstić information content (AvgIpc) is 2.55. The minimum absolute atomic E-state index is 0.662. The number of likely N-dealkylation sites (tertiary alicyclic amines) is 1. The van der Waals surface area contributed by atoms with E-state index < -0.39 is 0 Å². The maximum absolute atomic E-state index is 5.65. The standard InChI is InChI=1S/C18H28NO.Mo/c1-2-20-15-9-12-18(17-10-5-3-6-11-17)16-19-13-7-4-8-14-19;/h3,5-6,10-11,18H,1-2,4,7-9,12-16H2;/t18-;/m0./s1. The molecule has 0 spiro atoms. The molecule has 0 bridgehead atoms. The molecule has 0 N–H and O–H groups in total. The first kappa shape index (κ1) is 17.2. The molecule has 1 aromatic carbocycles. The molecule has 0 aromatic heterocycles. The molecule has 1 saturated heterocycles. The fourth-order valence-corrected chi connectivity index (χ4v) is 3.42. The van der Waals surface area contributed by atoms with Crippen LogP contribution in [0, 0.1) is 0 Å². The molecule has 1 aliphatic rings. The Balaban J connectivity index is 1.84. The summed E-state index contributed by atoms with van der Waals surface area (Å²) in [7, 11) is 0. The van der Waals surface area contributed by atoms with Crippen molar-refractivity contribution in [1.82, 2.24) is 4.90 Å². The Hall–Kier alpha value is -0.172. The van der Waals surface area contributed by atoms with E-state index in [-0.39, 0.29) is 0 Å². The molecule has 1 fully saturated rings. The third kappa shape index (κ3) is 6.63. The Morgan fingerprint density at radius 2 is 1.81 bits per heavy atom. The Labute approximate surface area is 141 Å². The second kappa shape index (κ2) is 10.5. The molecular formula is C18H28MoNO. The first-order valence-electron chi connectivity index (χ1n) is 8.33. The number of hydrogen-bond donors (Lipinski definition) is 0. The van der Waals surface area contributed by atoms with Crippen LogP contribution in [0.4, 0.5) is 0 Å². The van der Waals surface area contributed by atoms with Crippen LogP contribution in [0.15, 0.2) is 30.3 Å². The molecule has 3 heteroatoms. The molecule has 0 unspecified atom stereocenters. The van der Waals surface area contributed by atoms with E-state index in [1.165, 1.54) is 57.3 Å². The molecule has 2 rings (SSSR count). The first-order chi connectivity index (χ1) is 10.4. The molecule has 0 saturated carbocycles. The summed E-state index contributed by atoms with van der Waals surface area (Å²) in [4.78, 5) is 3.79. The topological polar surface area (TPSA) is 12.5 Å². The quantitative estimate of drug-likeness (QED) is 0.481. The van der Waals surface area contributed by atoms with Crippen molar-refractivity contribution in [1.29, 1.82) is 0 Å². The number of benzene rings is 1. The van der Waals surface area contributed by atoms with Gasteiger partial charge in [-0.2, -0.15) is 0 Å². The van der Waals surface area contributed by atoms with Gasteiger partial charge in [-0.25, -0.2) is 0 Å². The summed E-state index contributed by atoms with van der Waals surface area (Å²) in [6.45, 7) is 5.62. The number of nitrogens with zero attached hydrogens (tertiary/aromatic N) is 1. The van der Waals surface area contributed by atoms with Gasteiger partial charge in [-0.05, 0) is 0 Å². The minimum atomic E-state index is 0.662. The first-order valence-corrected chi connectivity index (χ1v) is 9.75. The molecule has 1 heterocycles. The van der Waals surface area contributed by atoms with Crippen LogP contribution in [-0.4, -0.2) is 37.7 Å². The van der Waals surface area contributed by atoms with Gasteiger partial charge >= 0.3 is 141 Å². The molecule has 2 nitrogen and oxygen atoms in total. The van der Waals surface area contributed by atoms with Crippen molar-refractivity contribution in [2.45, 2.75) is 42.8 Å². The van der Waals surface area contributed by atoms with Crippen LogP contribution < -0.4 is 0 Å². The molecule has 21 heavy (non-hydrogen) atoms. The summed E-state index contributed by atoms with van der Waals surface area (Å²) in [5.74, 6) is 0.662. The van der Waals surface area contributed by atoms with E-state index >= 15 is 0 Å². The molecule has 0 radical (unpaired) electrons. The third-order valence-corrected chi connectivity index (χ3v) is 4.68. The van der Waals surface area contributed by atoms with Gasteiger partial charge in [0, 0.05) is 0 Å². The number of hydrogen-bond acceptors (Lipinski definition) is 2. The van der Waals surface area contributed by atoms with E-state index in [0.29, 0.717) is 5.92 Å². The molecule has 0 amide bonds. The number of ether oxygens (including phenoxy) is 1. The van der Waals surface area contributed by atoms with E-state index in [2.05, 4.69) is 55.0 Å². The molecule has 1 aliphatic heterocycles. The van der Waals surface area contributed by atoms with Crippen molar-refractivity contribution in [2.24, 2.45) is 0 Å². The summed E-state index contributed by atoms with van der Waals surface area (Å²) in [5.41, 5.74) is 1.50. The molecule has 117 valence electrons. The Morgan fingerprint density at radius 1 is 1.05 bits per heavy atom. The second-order valence-corrected chi connectivity index (χ2v) is 6.93. The third-order valence-electron chi connectivity index (χ3n) is 4.27. The monoisotopic (exact) mass is 372 g/mol. The predicted molar refractivity (Wildman–Crippen MR) is 84.3 cm³/mol. The van der Waals surface area contributed by atoms with Gasteiger partial charge in [0.1, 0.15) is 0 Å². The molecule has 0 aliphatic carbocycles. The Bertz CT molecular complexity index is 365. The van der Waals surface area contributed by atoms with Crippen LogP contribution in [0.1, 0.15) is 43.6 Å². The van der Waals surface area contributed by atoms with Crippen molar-refractivity contribution in [2.75, 3.05) is 32.8 Å². The van der Waals surface area contributed by atoms with Gasteiger partial charge in [0.2, 0.25) is 0 Å². The van der Waals surface area contributed by atoms with E-state index in [9.17, 15) is 0 Å². The SMILES string of the molecule is [Mo][CH2]COCCC[C@@H](CN1CCCCC1)c1ccccc1. The maximum atomic E-state index is 5.65. The van der Waals surface area contributed by atoms with Gasteiger partial charge in [-0.3, -0.25) is 0 Å². The van der Waals surface area contributed by atoms with Gasteiger partial charge in [-0.1, -0.05) is 0 Å². The summed E-state index contributed by atoms with van der Waals surface area (Å²) in [6.07, 6.45) is 6.58. The van der Waals surface area contributed by atoms with E-state index in [0.717, 1.165) is 18.0 Å². The summed E-state index contributed by atoms with van der Waals surface area (Å²) in [5, 5.41) is 0. The molecular weight excluding hydrogens is 342 g/mol. The Kier molecular flexibility index (Phi) is 8.62. The van der Waals surface area contributed by atoms with Gasteiger partial charge in [-0.15, -0.1) is 0 Å². The van der Waals surface area contributed by atoms with Gasteiger partial charge < -0.3 is 0 Å². The van der Waals surface area contributed by atoms with Crippen molar-refractivity contribution < 1.29 is 24.6 Å². The van der Waals surface area contributed by atoms with Crippen LogP contribution in [0.2, 0.25) is 4.81 Å². The summed E-state index contributed by atoms with van der Waals surface area (Å²) in [6, 6.07) is 11.1. The average molecular weight is 370 g/mol. The van der Waals surface area contributed by atoms with Crippen LogP contribution >= 0.6 is 0 Å². The second-order valence-electron chi connectivity index (χ2n) is 5.93. The van der Waals surface area contributed by atoms with Crippen LogP contribution in [0.25, 0.3) is 0 Å². The fourth-order valence-electron chi connectivity index (χ4n) is 3.13. The zero-order chi connectivity index (χ0) is 14.8. The zero-order valence-corrected chi connectivity index (χ0v) is 15.0. The van der Waals surface area contributed by atoms with Crippen LogP contribution in [0.3, 0.4) is 0 Å². The van der Waals surface area contributed by atoms with Gasteiger partial charge in [0.15, 0.2) is 0 Å². The summed E-state index contributed by atoms with van der Waals surface area (Å²) < 4.78 is 5.65. The normalized spacial score (nSPS) is 17.7. The van der Waals surface area contributed by atoms with E-state index in [4.69, 9.17) is 4.74 Å². The Morgan fingerprint density at radius 3 is 2.52 bits per heavy atom. The molecule has 1 aromatic rings. The fraction of sp³-hybridized carbons (Fsp3) is 0.667. The number of rotatable bonds is 9. The van der Waals surface area contributed by atoms with Crippen molar-refractivity contribution >= 4 is 0 Å². The van der Waals surface area contributed by atoms with Gasteiger partial charge in [0.25, 0.3) is 0 Å². The summed E-state index contributed by atoms with van der Waals surface area (Å²) >= 11 is 2.10. The van der Waals surface area contributed by atoms with Crippen LogP contribution in [-0.2, 0) is 24.6 Å². The van der Waals surface area contributed by atoms with E-state index in [1.54, 1.807) is 0 Å². The zero-order valence-electron chi connectivity index (χ0n) is 13.0.